The van der Waals surface area contributed by atoms with Crippen LogP contribution in [0, 0.1) is 0 Å². The van der Waals surface area contributed by atoms with E-state index in [0.717, 1.165) is 25.8 Å². The van der Waals surface area contributed by atoms with Gasteiger partial charge < -0.3 is 10.0 Å². The van der Waals surface area contributed by atoms with Gasteiger partial charge in [0.05, 0.1) is 6.10 Å². The number of thiophene rings is 1. The molecule has 0 aliphatic carbocycles. The lowest BCUT2D eigenvalue weighted by molar-refractivity contribution is 0.0570. The van der Waals surface area contributed by atoms with Crippen LogP contribution in [-0.2, 0) is 10.0 Å². The first-order valence-corrected chi connectivity index (χ1v) is 11.6. The molecule has 1 N–H and O–H groups in total. The van der Waals surface area contributed by atoms with Gasteiger partial charge in [0.15, 0.2) is 0 Å². The van der Waals surface area contributed by atoms with E-state index in [1.54, 1.807) is 16.3 Å². The van der Waals surface area contributed by atoms with Crippen molar-refractivity contribution < 1.29 is 18.3 Å². The summed E-state index contributed by atoms with van der Waals surface area (Å²) in [7, 11) is -3.61. The number of aliphatic hydroxyl groups excluding tert-OH is 1. The van der Waals surface area contributed by atoms with Gasteiger partial charge in [0, 0.05) is 45.3 Å². The molecule has 0 unspecified atom stereocenters. The highest BCUT2D eigenvalue weighted by Gasteiger charge is 2.38. The third-order valence-electron chi connectivity index (χ3n) is 5.64. The zero-order valence-corrected chi connectivity index (χ0v) is 16.3. The van der Waals surface area contributed by atoms with Gasteiger partial charge in [-0.1, -0.05) is 6.42 Å². The first-order chi connectivity index (χ1) is 12.5. The molecule has 3 saturated heterocycles. The summed E-state index contributed by atoms with van der Waals surface area (Å²) >= 11 is 1.21. The summed E-state index contributed by atoms with van der Waals surface area (Å²) in [6, 6.07) is 1.74. The van der Waals surface area contributed by atoms with Gasteiger partial charge in [-0.2, -0.15) is 4.31 Å². The lowest BCUT2D eigenvalue weighted by atomic mass is 10.1. The topological polar surface area (TPSA) is 81.2 Å². The molecule has 3 fully saturated rings. The number of nitrogens with zero attached hydrogens (tertiary/aromatic N) is 3. The summed E-state index contributed by atoms with van der Waals surface area (Å²) in [4.78, 5) is 17.5. The maximum absolute atomic E-state index is 13.1. The van der Waals surface area contributed by atoms with Crippen LogP contribution in [0.25, 0.3) is 0 Å². The van der Waals surface area contributed by atoms with Gasteiger partial charge >= 0.3 is 0 Å². The third-order valence-corrected chi connectivity index (χ3v) is 8.61. The van der Waals surface area contributed by atoms with Crippen molar-refractivity contribution in [2.24, 2.45) is 0 Å². The van der Waals surface area contributed by atoms with Crippen molar-refractivity contribution in [1.29, 1.82) is 0 Å². The van der Waals surface area contributed by atoms with Crippen molar-refractivity contribution in [3.05, 3.63) is 16.3 Å². The first-order valence-electron chi connectivity index (χ1n) is 9.26. The Kier molecular flexibility index (Phi) is 5.08. The highest BCUT2D eigenvalue weighted by Crippen LogP contribution is 2.30. The summed E-state index contributed by atoms with van der Waals surface area (Å²) in [5.74, 6) is -0.198. The average molecular weight is 400 g/mol. The van der Waals surface area contributed by atoms with Gasteiger partial charge in [0.2, 0.25) is 10.0 Å². The molecule has 3 aliphatic heterocycles. The zero-order chi connectivity index (χ0) is 18.3. The molecule has 0 spiro atoms. The molecule has 0 saturated carbocycles. The number of fused-ring (bicyclic) bond motifs is 1. The van der Waals surface area contributed by atoms with E-state index in [0.29, 0.717) is 44.0 Å². The number of amides is 1. The maximum Gasteiger partial charge on any atom is 0.265 e. The summed E-state index contributed by atoms with van der Waals surface area (Å²) < 4.78 is 27.5. The number of aliphatic hydroxyl groups is 1. The summed E-state index contributed by atoms with van der Waals surface area (Å²) in [5.41, 5.74) is 0. The second-order valence-electron chi connectivity index (χ2n) is 7.37. The Labute approximate surface area is 158 Å². The maximum atomic E-state index is 13.1. The van der Waals surface area contributed by atoms with Crippen molar-refractivity contribution in [3.8, 4) is 0 Å². The van der Waals surface area contributed by atoms with Crippen LogP contribution < -0.4 is 0 Å². The Morgan fingerprint density at radius 3 is 2.65 bits per heavy atom. The predicted molar refractivity (Wildman–Crippen MR) is 98.8 cm³/mol. The number of carbonyl (C=O) groups is 1. The Hall–Kier alpha value is -1.00. The van der Waals surface area contributed by atoms with Crippen LogP contribution in [0.15, 0.2) is 16.3 Å². The van der Waals surface area contributed by atoms with Crippen LogP contribution in [-0.4, -0.2) is 85.0 Å². The molecule has 1 aromatic heterocycles. The second kappa shape index (κ2) is 7.20. The minimum absolute atomic E-state index is 0.156. The van der Waals surface area contributed by atoms with Crippen molar-refractivity contribution in [2.45, 2.75) is 42.7 Å². The molecule has 0 radical (unpaired) electrons. The largest absolute Gasteiger partial charge is 0.392 e. The van der Waals surface area contributed by atoms with E-state index in [4.69, 9.17) is 0 Å². The Balaban J connectivity index is 1.54. The van der Waals surface area contributed by atoms with E-state index >= 15 is 0 Å². The van der Waals surface area contributed by atoms with E-state index in [1.165, 1.54) is 15.6 Å². The average Bonchev–Trinajstić information content (AvgIpc) is 3.27. The second-order valence-corrected chi connectivity index (χ2v) is 10.2. The Morgan fingerprint density at radius 2 is 1.88 bits per heavy atom. The van der Waals surface area contributed by atoms with Crippen LogP contribution in [0.5, 0.6) is 0 Å². The van der Waals surface area contributed by atoms with E-state index in [2.05, 4.69) is 4.90 Å². The van der Waals surface area contributed by atoms with E-state index in [1.807, 2.05) is 0 Å². The van der Waals surface area contributed by atoms with Crippen molar-refractivity contribution in [1.82, 2.24) is 14.1 Å². The quantitative estimate of drug-likeness (QED) is 0.814. The minimum Gasteiger partial charge on any atom is -0.392 e. The molecule has 7 nitrogen and oxygen atoms in total. The molecular formula is C17H25N3O4S2. The zero-order valence-electron chi connectivity index (χ0n) is 14.7. The molecule has 144 valence electrons. The predicted octanol–water partition coefficient (Wildman–Crippen LogP) is 0.814. The molecule has 0 bridgehead atoms. The minimum atomic E-state index is -3.61. The SMILES string of the molecule is O=C(c1sccc1S(=O)(=O)N1CCCCC1)N1CCN2C[C@H](O)C[C@H]2C1. The van der Waals surface area contributed by atoms with Gasteiger partial charge in [-0.15, -0.1) is 11.3 Å². The van der Waals surface area contributed by atoms with Gasteiger partial charge in [-0.25, -0.2) is 8.42 Å². The van der Waals surface area contributed by atoms with Gasteiger partial charge in [-0.05, 0) is 30.7 Å². The molecule has 4 rings (SSSR count). The number of piperazine rings is 1. The summed E-state index contributed by atoms with van der Waals surface area (Å²) in [6.45, 7) is 3.59. The van der Waals surface area contributed by atoms with Crippen molar-refractivity contribution in [3.63, 3.8) is 0 Å². The highest BCUT2D eigenvalue weighted by molar-refractivity contribution is 7.89. The van der Waals surface area contributed by atoms with Crippen LogP contribution in [0.2, 0.25) is 0 Å². The smallest absolute Gasteiger partial charge is 0.265 e. The lowest BCUT2D eigenvalue weighted by Gasteiger charge is -2.37. The van der Waals surface area contributed by atoms with Crippen LogP contribution in [0.3, 0.4) is 0 Å². The van der Waals surface area contributed by atoms with Gasteiger partial charge in [0.1, 0.15) is 9.77 Å². The molecule has 26 heavy (non-hydrogen) atoms. The molecule has 3 aliphatic rings. The lowest BCUT2D eigenvalue weighted by Crippen LogP contribution is -2.52. The van der Waals surface area contributed by atoms with E-state index < -0.39 is 10.0 Å². The van der Waals surface area contributed by atoms with E-state index in [-0.39, 0.29) is 22.9 Å². The van der Waals surface area contributed by atoms with Gasteiger partial charge in [0.25, 0.3) is 5.91 Å². The molecule has 2 atom stereocenters. The van der Waals surface area contributed by atoms with Crippen LogP contribution in [0.1, 0.15) is 35.4 Å². The number of piperidine rings is 1. The Morgan fingerprint density at radius 1 is 1.12 bits per heavy atom. The Bertz CT molecular complexity index is 773. The number of rotatable bonds is 3. The molecule has 0 aromatic carbocycles. The van der Waals surface area contributed by atoms with E-state index in [9.17, 15) is 18.3 Å². The number of hydrogen-bond acceptors (Lipinski definition) is 6. The van der Waals surface area contributed by atoms with Crippen LogP contribution >= 0.6 is 11.3 Å². The molecule has 1 aromatic rings. The molecule has 4 heterocycles. The fraction of sp³-hybridized carbons (Fsp3) is 0.706. The number of carbonyl (C=O) groups excluding carboxylic acids is 1. The fourth-order valence-electron chi connectivity index (χ4n) is 4.25. The summed E-state index contributed by atoms with van der Waals surface area (Å²) in [5, 5.41) is 11.5. The first kappa shape index (κ1) is 18.4. The van der Waals surface area contributed by atoms with Crippen molar-refractivity contribution in [2.75, 3.05) is 39.3 Å². The number of hydrogen-bond donors (Lipinski definition) is 1. The number of sulfonamides is 1. The monoisotopic (exact) mass is 399 g/mol. The summed E-state index contributed by atoms with van der Waals surface area (Å²) in [6.07, 6.45) is 3.15. The molecule has 1 amide bonds. The standard InChI is InChI=1S/C17H25N3O4S2/c21-14-10-13-11-19(8-7-18(13)12-14)17(22)16-15(4-9-25-16)26(23,24)20-5-2-1-3-6-20/h4,9,13-14,21H,1-3,5-8,10-12H2/t13-,14+/m0/s1. The van der Waals surface area contributed by atoms with Gasteiger partial charge in [-0.3, -0.25) is 9.69 Å². The normalized spacial score (nSPS) is 28.3. The molecular weight excluding hydrogens is 374 g/mol. The van der Waals surface area contributed by atoms with Crippen LogP contribution in [0.4, 0.5) is 0 Å². The fourth-order valence-corrected chi connectivity index (χ4v) is 7.12. The highest BCUT2D eigenvalue weighted by atomic mass is 32.2. The molecule has 9 heteroatoms. The third kappa shape index (κ3) is 3.31. The van der Waals surface area contributed by atoms with Crippen molar-refractivity contribution >= 4 is 27.3 Å².